The molecule has 0 aliphatic carbocycles. The van der Waals surface area contributed by atoms with Gasteiger partial charge in [-0.05, 0) is 75.4 Å². The van der Waals surface area contributed by atoms with Crippen LogP contribution in [0.4, 0.5) is 25.0 Å². The Morgan fingerprint density at radius 3 is 2.54 bits per heavy atom. The molecule has 182 valence electrons. The highest BCUT2D eigenvalue weighted by Crippen LogP contribution is 2.41. The van der Waals surface area contributed by atoms with Crippen molar-refractivity contribution in [3.05, 3.63) is 70.1 Å². The maximum absolute atomic E-state index is 15.1. The standard InChI is InChI=1S/C26H25F2N3O3S/c1-5-31-21-12-19(28)16(10-17(21)15(2)13-26(31,3)4)11-22-24(33)30(25(34)35-22)14-23(32)29-20-9-7-6-8-18(20)27/h6-13H,5,14H2,1-4H3,(H,29,32)/b22-11+. The zero-order chi connectivity index (χ0) is 25.5. The lowest BCUT2D eigenvalue weighted by atomic mass is 9.88. The molecule has 0 radical (unpaired) electrons. The lowest BCUT2D eigenvalue weighted by molar-refractivity contribution is -0.127. The van der Waals surface area contributed by atoms with Gasteiger partial charge in [0.15, 0.2) is 0 Å². The van der Waals surface area contributed by atoms with Gasteiger partial charge in [-0.15, -0.1) is 0 Å². The fourth-order valence-corrected chi connectivity index (χ4v) is 5.31. The molecule has 4 rings (SSSR count). The summed E-state index contributed by atoms with van der Waals surface area (Å²) in [6.07, 6.45) is 3.45. The molecule has 0 saturated carbocycles. The first-order valence-electron chi connectivity index (χ1n) is 11.1. The van der Waals surface area contributed by atoms with E-state index < -0.39 is 35.2 Å². The van der Waals surface area contributed by atoms with Crippen LogP contribution in [0.25, 0.3) is 11.6 Å². The fourth-order valence-electron chi connectivity index (χ4n) is 4.48. The van der Waals surface area contributed by atoms with Crippen LogP contribution in [0.1, 0.15) is 38.8 Å². The predicted molar refractivity (Wildman–Crippen MR) is 135 cm³/mol. The average molecular weight is 498 g/mol. The van der Waals surface area contributed by atoms with E-state index in [0.717, 1.165) is 21.7 Å². The molecule has 2 heterocycles. The van der Waals surface area contributed by atoms with Crippen LogP contribution in [-0.2, 0) is 9.59 Å². The van der Waals surface area contributed by atoms with Gasteiger partial charge in [0.2, 0.25) is 5.91 Å². The van der Waals surface area contributed by atoms with Crippen molar-refractivity contribution in [2.45, 2.75) is 33.2 Å². The number of thioether (sulfide) groups is 1. The van der Waals surface area contributed by atoms with Crippen molar-refractivity contribution in [3.63, 3.8) is 0 Å². The van der Waals surface area contributed by atoms with E-state index >= 15 is 4.39 Å². The van der Waals surface area contributed by atoms with Gasteiger partial charge in [-0.1, -0.05) is 18.2 Å². The number of halogens is 2. The van der Waals surface area contributed by atoms with Crippen LogP contribution < -0.4 is 10.2 Å². The minimum Gasteiger partial charge on any atom is -0.363 e. The van der Waals surface area contributed by atoms with Crippen LogP contribution in [0.15, 0.2) is 47.4 Å². The number of hydrogen-bond donors (Lipinski definition) is 1. The van der Waals surface area contributed by atoms with E-state index in [9.17, 15) is 18.8 Å². The number of likely N-dealkylation sites (N-methyl/N-ethyl adjacent to an activating group) is 1. The third kappa shape index (κ3) is 4.73. The van der Waals surface area contributed by atoms with Gasteiger partial charge < -0.3 is 10.2 Å². The number of nitrogens with zero attached hydrogens (tertiary/aromatic N) is 2. The van der Waals surface area contributed by atoms with E-state index in [0.29, 0.717) is 18.3 Å². The molecule has 1 saturated heterocycles. The first-order chi connectivity index (χ1) is 16.5. The summed E-state index contributed by atoms with van der Waals surface area (Å²) in [7, 11) is 0. The second kappa shape index (κ2) is 9.30. The van der Waals surface area contributed by atoms with Gasteiger partial charge in [0.25, 0.3) is 11.1 Å². The van der Waals surface area contributed by atoms with Crippen molar-refractivity contribution in [2.24, 2.45) is 0 Å². The van der Waals surface area contributed by atoms with Gasteiger partial charge in [-0.2, -0.15) is 0 Å². The van der Waals surface area contributed by atoms with E-state index in [4.69, 9.17) is 0 Å². The zero-order valence-corrected chi connectivity index (χ0v) is 20.6. The number of allylic oxidation sites excluding steroid dienone is 1. The number of nitrogens with one attached hydrogen (secondary N) is 1. The van der Waals surface area contributed by atoms with E-state index in [2.05, 4.69) is 30.1 Å². The molecular formula is C26H25F2N3O3S. The molecule has 6 nitrogen and oxygen atoms in total. The third-order valence-electron chi connectivity index (χ3n) is 6.02. The number of rotatable bonds is 5. The summed E-state index contributed by atoms with van der Waals surface area (Å²) < 4.78 is 28.9. The van der Waals surface area contributed by atoms with Crippen LogP contribution >= 0.6 is 11.8 Å². The molecule has 35 heavy (non-hydrogen) atoms. The number of carbonyl (C=O) groups excluding carboxylic acids is 3. The van der Waals surface area contributed by atoms with Gasteiger partial charge >= 0.3 is 0 Å². The second-order valence-electron chi connectivity index (χ2n) is 8.91. The Morgan fingerprint density at radius 1 is 1.14 bits per heavy atom. The summed E-state index contributed by atoms with van der Waals surface area (Å²) in [6, 6.07) is 8.71. The maximum atomic E-state index is 15.1. The Kier molecular flexibility index (Phi) is 6.55. The average Bonchev–Trinajstić information content (AvgIpc) is 3.03. The Hall–Kier alpha value is -3.46. The van der Waals surface area contributed by atoms with Crippen LogP contribution in [0, 0.1) is 11.6 Å². The Balaban J connectivity index is 1.58. The minimum atomic E-state index is -0.721. The zero-order valence-electron chi connectivity index (χ0n) is 19.8. The number of benzene rings is 2. The molecule has 9 heteroatoms. The number of anilines is 2. The maximum Gasteiger partial charge on any atom is 0.294 e. The van der Waals surface area contributed by atoms with Crippen molar-refractivity contribution in [3.8, 4) is 0 Å². The quantitative estimate of drug-likeness (QED) is 0.540. The number of para-hydroxylation sites is 1. The molecule has 3 amide bonds. The van der Waals surface area contributed by atoms with Crippen molar-refractivity contribution in [1.82, 2.24) is 4.90 Å². The largest absolute Gasteiger partial charge is 0.363 e. The third-order valence-corrected chi connectivity index (χ3v) is 6.93. The first-order valence-corrected chi connectivity index (χ1v) is 11.9. The van der Waals surface area contributed by atoms with Crippen LogP contribution in [0.2, 0.25) is 0 Å². The summed E-state index contributed by atoms with van der Waals surface area (Å²) in [5, 5.41) is 1.69. The molecule has 2 aliphatic heterocycles. The monoisotopic (exact) mass is 497 g/mol. The highest BCUT2D eigenvalue weighted by Gasteiger charge is 2.37. The van der Waals surface area contributed by atoms with Gasteiger partial charge in [-0.25, -0.2) is 8.78 Å². The molecule has 0 bridgehead atoms. The van der Waals surface area contributed by atoms with Crippen LogP contribution in [-0.4, -0.2) is 40.6 Å². The molecule has 0 atom stereocenters. The molecule has 1 fully saturated rings. The summed E-state index contributed by atoms with van der Waals surface area (Å²) >= 11 is 0.633. The summed E-state index contributed by atoms with van der Waals surface area (Å²) in [4.78, 5) is 40.5. The van der Waals surface area contributed by atoms with Crippen LogP contribution in [0.5, 0.6) is 0 Å². The Labute approximate surface area is 206 Å². The minimum absolute atomic E-state index is 0.0117. The number of hydrogen-bond acceptors (Lipinski definition) is 5. The van der Waals surface area contributed by atoms with E-state index in [-0.39, 0.29) is 21.7 Å². The highest BCUT2D eigenvalue weighted by atomic mass is 32.2. The fraction of sp³-hybridized carbons (Fsp3) is 0.269. The number of carbonyl (C=O) groups is 3. The summed E-state index contributed by atoms with van der Waals surface area (Å²) in [5.74, 6) is -2.57. The molecule has 2 aliphatic rings. The van der Waals surface area contributed by atoms with E-state index in [1.165, 1.54) is 30.3 Å². The molecular weight excluding hydrogens is 472 g/mol. The van der Waals surface area contributed by atoms with Crippen LogP contribution in [0.3, 0.4) is 0 Å². The first kappa shape index (κ1) is 24.7. The van der Waals surface area contributed by atoms with Gasteiger partial charge in [-0.3, -0.25) is 19.3 Å². The van der Waals surface area contributed by atoms with Crippen molar-refractivity contribution >= 4 is 51.8 Å². The number of fused-ring (bicyclic) bond motifs is 1. The second-order valence-corrected chi connectivity index (χ2v) is 9.91. The van der Waals surface area contributed by atoms with Gasteiger partial charge in [0.05, 0.1) is 16.1 Å². The smallest absolute Gasteiger partial charge is 0.294 e. The predicted octanol–water partition coefficient (Wildman–Crippen LogP) is 5.66. The molecule has 0 spiro atoms. The van der Waals surface area contributed by atoms with Gasteiger partial charge in [0, 0.05) is 23.4 Å². The van der Waals surface area contributed by atoms with E-state index in [1.54, 1.807) is 12.1 Å². The number of amides is 3. The summed E-state index contributed by atoms with van der Waals surface area (Å²) in [6.45, 7) is 8.20. The SMILES string of the molecule is CCN1c2cc(F)c(/C=C3/SC(=O)N(CC(=O)Nc4ccccc4F)C3=O)cc2C(C)=CC1(C)C. The van der Waals surface area contributed by atoms with E-state index in [1.807, 2.05) is 13.8 Å². The molecule has 1 N–H and O–H groups in total. The van der Waals surface area contributed by atoms with Crippen molar-refractivity contribution in [1.29, 1.82) is 0 Å². The van der Waals surface area contributed by atoms with Crippen molar-refractivity contribution < 1.29 is 23.2 Å². The molecule has 2 aromatic carbocycles. The van der Waals surface area contributed by atoms with Crippen molar-refractivity contribution in [2.75, 3.05) is 23.3 Å². The molecule has 0 unspecified atom stereocenters. The molecule has 2 aromatic rings. The Morgan fingerprint density at radius 2 is 1.86 bits per heavy atom. The number of imide groups is 1. The Bertz CT molecular complexity index is 1300. The normalized spacial score (nSPS) is 18.1. The summed E-state index contributed by atoms with van der Waals surface area (Å²) in [5.41, 5.74) is 2.46. The lowest BCUT2D eigenvalue weighted by Crippen LogP contribution is -2.45. The lowest BCUT2D eigenvalue weighted by Gasteiger charge is -2.42. The topological polar surface area (TPSA) is 69.7 Å². The highest BCUT2D eigenvalue weighted by molar-refractivity contribution is 8.18. The van der Waals surface area contributed by atoms with Gasteiger partial charge in [0.1, 0.15) is 18.2 Å². The molecule has 0 aromatic heterocycles.